The Kier molecular flexibility index (Phi) is 4.24. The number of hydrogen-bond acceptors (Lipinski definition) is 7. The summed E-state index contributed by atoms with van der Waals surface area (Å²) in [5.41, 5.74) is 0. The van der Waals surface area contributed by atoms with Gasteiger partial charge in [-0.15, -0.1) is 0 Å². The third-order valence-corrected chi connectivity index (χ3v) is 6.13. The zero-order chi connectivity index (χ0) is 17.5. The summed E-state index contributed by atoms with van der Waals surface area (Å²) in [5, 5.41) is 11.7. The minimum Gasteiger partial charge on any atom is -0.377 e. The van der Waals surface area contributed by atoms with E-state index in [1.54, 1.807) is 7.11 Å². The second-order valence-corrected chi connectivity index (χ2v) is 8.05. The van der Waals surface area contributed by atoms with Crippen molar-refractivity contribution in [3.8, 4) is 0 Å². The number of nitrogens with zero attached hydrogens (tertiary/aromatic N) is 5. The quantitative estimate of drug-likeness (QED) is 0.811. The number of H-pyrrole nitrogens is 1. The Bertz CT molecular complexity index is 750. The number of ether oxygens (including phenoxy) is 1. The highest BCUT2D eigenvalue weighted by Gasteiger charge is 2.44. The molecule has 1 N–H and O–H groups in total. The second kappa shape index (κ2) is 6.74. The van der Waals surface area contributed by atoms with E-state index >= 15 is 0 Å². The lowest BCUT2D eigenvalue weighted by Gasteiger charge is -2.20. The van der Waals surface area contributed by atoms with Crippen LogP contribution in [0.3, 0.4) is 0 Å². The Labute approximate surface area is 152 Å². The van der Waals surface area contributed by atoms with Crippen LogP contribution in [-0.2, 0) is 17.9 Å². The maximum atomic E-state index is 5.48. The summed E-state index contributed by atoms with van der Waals surface area (Å²) in [6, 6.07) is 0. The van der Waals surface area contributed by atoms with Crippen LogP contribution >= 0.6 is 0 Å². The van der Waals surface area contributed by atoms with Crippen LogP contribution in [0, 0.1) is 11.8 Å². The topological polar surface area (TPSA) is 93.0 Å². The molecule has 2 aromatic heterocycles. The molecule has 3 fully saturated rings. The minimum absolute atomic E-state index is 0.377. The fraction of sp³-hybridized carbons (Fsp3) is 0.778. The van der Waals surface area contributed by atoms with Crippen molar-refractivity contribution in [3.05, 3.63) is 23.4 Å². The molecular formula is C18H26N6O2. The number of hydrogen-bond donors (Lipinski definition) is 1. The van der Waals surface area contributed by atoms with Gasteiger partial charge in [-0.25, -0.2) is 4.98 Å². The largest absolute Gasteiger partial charge is 0.377 e. The monoisotopic (exact) mass is 358 g/mol. The van der Waals surface area contributed by atoms with Gasteiger partial charge in [0.2, 0.25) is 5.89 Å². The van der Waals surface area contributed by atoms with Gasteiger partial charge in [0.05, 0.1) is 6.54 Å². The molecule has 1 saturated heterocycles. The first kappa shape index (κ1) is 16.4. The summed E-state index contributed by atoms with van der Waals surface area (Å²) < 4.78 is 10.6. The molecule has 0 spiro atoms. The van der Waals surface area contributed by atoms with E-state index in [-0.39, 0.29) is 0 Å². The standard InChI is InChI=1S/C18H26N6O2/c1-25-10-16-19-17(22-21-16)14-8-24(7-13(14)11-5-6-11)9-15-20-18(26-23-15)12-3-2-4-12/h11-14H,2-10H2,1H3,(H,19,21,22)/t13-,14+/m0/s1. The Morgan fingerprint density at radius 1 is 1.19 bits per heavy atom. The van der Waals surface area contributed by atoms with Gasteiger partial charge in [0.25, 0.3) is 0 Å². The van der Waals surface area contributed by atoms with E-state index in [0.29, 0.717) is 24.4 Å². The van der Waals surface area contributed by atoms with Gasteiger partial charge in [-0.05, 0) is 37.5 Å². The van der Waals surface area contributed by atoms with E-state index in [1.807, 2.05) is 0 Å². The Hall–Kier alpha value is -1.80. The molecule has 0 amide bonds. The van der Waals surface area contributed by atoms with E-state index in [9.17, 15) is 0 Å². The average Bonchev–Trinajstić information content (AvgIpc) is 2.98. The van der Waals surface area contributed by atoms with Crippen molar-refractivity contribution in [1.29, 1.82) is 0 Å². The van der Waals surface area contributed by atoms with Crippen molar-refractivity contribution in [2.45, 2.75) is 57.1 Å². The molecule has 140 valence electrons. The van der Waals surface area contributed by atoms with E-state index in [1.165, 1.54) is 32.1 Å². The van der Waals surface area contributed by atoms with E-state index in [4.69, 9.17) is 9.26 Å². The zero-order valence-electron chi connectivity index (χ0n) is 15.2. The molecule has 26 heavy (non-hydrogen) atoms. The lowest BCUT2D eigenvalue weighted by Crippen LogP contribution is -2.21. The fourth-order valence-corrected chi connectivity index (χ4v) is 4.35. The molecule has 8 heteroatoms. The predicted molar refractivity (Wildman–Crippen MR) is 92.2 cm³/mol. The first-order valence-corrected chi connectivity index (χ1v) is 9.75. The van der Waals surface area contributed by atoms with Gasteiger partial charge in [-0.3, -0.25) is 10.00 Å². The highest BCUT2D eigenvalue weighted by molar-refractivity contribution is 5.09. The molecule has 2 aromatic rings. The van der Waals surface area contributed by atoms with Crippen LogP contribution in [0.2, 0.25) is 0 Å². The summed E-state index contributed by atoms with van der Waals surface area (Å²) in [4.78, 5) is 11.7. The Morgan fingerprint density at radius 3 is 2.81 bits per heavy atom. The molecule has 2 aliphatic carbocycles. The lowest BCUT2D eigenvalue weighted by atomic mass is 9.85. The van der Waals surface area contributed by atoms with Gasteiger partial charge in [0, 0.05) is 32.0 Å². The molecule has 0 unspecified atom stereocenters. The molecule has 0 radical (unpaired) electrons. The van der Waals surface area contributed by atoms with Crippen LogP contribution in [0.1, 0.15) is 67.3 Å². The summed E-state index contributed by atoms with van der Waals surface area (Å²) in [6.07, 6.45) is 6.31. The highest BCUT2D eigenvalue weighted by Crippen LogP contribution is 2.47. The molecule has 0 aromatic carbocycles. The highest BCUT2D eigenvalue weighted by atomic mass is 16.5. The second-order valence-electron chi connectivity index (χ2n) is 8.05. The fourth-order valence-electron chi connectivity index (χ4n) is 4.35. The molecular weight excluding hydrogens is 332 g/mol. The number of nitrogens with one attached hydrogen (secondary N) is 1. The summed E-state index contributed by atoms with van der Waals surface area (Å²) in [7, 11) is 1.68. The van der Waals surface area contributed by atoms with Crippen LogP contribution in [0.15, 0.2) is 4.52 Å². The maximum absolute atomic E-state index is 5.48. The van der Waals surface area contributed by atoms with E-state index < -0.39 is 0 Å². The maximum Gasteiger partial charge on any atom is 0.229 e. The first-order valence-electron chi connectivity index (χ1n) is 9.75. The first-order chi connectivity index (χ1) is 12.8. The minimum atomic E-state index is 0.377. The smallest absolute Gasteiger partial charge is 0.229 e. The van der Waals surface area contributed by atoms with Crippen LogP contribution in [0.25, 0.3) is 0 Å². The van der Waals surface area contributed by atoms with Gasteiger partial charge in [0.15, 0.2) is 17.5 Å². The molecule has 2 saturated carbocycles. The van der Waals surface area contributed by atoms with Gasteiger partial charge < -0.3 is 9.26 Å². The molecule has 3 aliphatic rings. The van der Waals surface area contributed by atoms with Gasteiger partial charge in [-0.1, -0.05) is 11.6 Å². The average molecular weight is 358 g/mol. The van der Waals surface area contributed by atoms with Crippen molar-refractivity contribution in [1.82, 2.24) is 30.2 Å². The third kappa shape index (κ3) is 3.16. The normalized spacial score (nSPS) is 27.1. The molecule has 5 rings (SSSR count). The van der Waals surface area contributed by atoms with E-state index in [2.05, 4.69) is 30.2 Å². The molecule has 3 heterocycles. The number of likely N-dealkylation sites (tertiary alicyclic amines) is 1. The Morgan fingerprint density at radius 2 is 2.08 bits per heavy atom. The van der Waals surface area contributed by atoms with Crippen molar-refractivity contribution in [3.63, 3.8) is 0 Å². The molecule has 2 atom stereocenters. The lowest BCUT2D eigenvalue weighted by molar-refractivity contribution is 0.178. The molecule has 8 nitrogen and oxygen atoms in total. The zero-order valence-corrected chi connectivity index (χ0v) is 15.2. The van der Waals surface area contributed by atoms with Crippen molar-refractivity contribution in [2.75, 3.05) is 20.2 Å². The third-order valence-electron chi connectivity index (χ3n) is 6.13. The Balaban J connectivity index is 1.27. The number of rotatable bonds is 7. The van der Waals surface area contributed by atoms with Crippen LogP contribution in [0.5, 0.6) is 0 Å². The van der Waals surface area contributed by atoms with E-state index in [0.717, 1.165) is 48.9 Å². The SMILES string of the molecule is COCc1nc([C@@H]2CN(Cc3noc(C4CCC4)n3)C[C@H]2C2CC2)n[nH]1. The van der Waals surface area contributed by atoms with Crippen LogP contribution in [0.4, 0.5) is 0 Å². The van der Waals surface area contributed by atoms with Crippen LogP contribution < -0.4 is 0 Å². The summed E-state index contributed by atoms with van der Waals surface area (Å²) >= 11 is 0. The summed E-state index contributed by atoms with van der Waals surface area (Å²) in [6.45, 7) is 3.26. The van der Waals surface area contributed by atoms with Gasteiger partial charge in [-0.2, -0.15) is 10.1 Å². The molecule has 1 aliphatic heterocycles. The number of methoxy groups -OCH3 is 1. The number of aromatic nitrogens is 5. The van der Waals surface area contributed by atoms with Crippen molar-refractivity contribution in [2.24, 2.45) is 11.8 Å². The summed E-state index contributed by atoms with van der Waals surface area (Å²) in [5.74, 6) is 5.69. The number of aromatic amines is 1. The van der Waals surface area contributed by atoms with Crippen molar-refractivity contribution < 1.29 is 9.26 Å². The molecule has 0 bridgehead atoms. The van der Waals surface area contributed by atoms with Gasteiger partial charge >= 0.3 is 0 Å². The van der Waals surface area contributed by atoms with Crippen LogP contribution in [-0.4, -0.2) is 50.4 Å². The van der Waals surface area contributed by atoms with Crippen molar-refractivity contribution >= 4 is 0 Å². The predicted octanol–water partition coefficient (Wildman–Crippen LogP) is 2.23. The van der Waals surface area contributed by atoms with Gasteiger partial charge in [0.1, 0.15) is 6.61 Å².